The molecule has 0 radical (unpaired) electrons. The van der Waals surface area contributed by atoms with Crippen LogP contribution in [0.15, 0.2) is 36.7 Å². The van der Waals surface area contributed by atoms with Crippen LogP contribution in [-0.2, 0) is 23.3 Å². The molecule has 1 unspecified atom stereocenters. The summed E-state index contributed by atoms with van der Waals surface area (Å²) in [6, 6.07) is 8.65. The average molecular weight is 383 g/mol. The van der Waals surface area contributed by atoms with Crippen LogP contribution >= 0.6 is 0 Å². The Morgan fingerprint density at radius 2 is 1.71 bits per heavy atom. The third-order valence-electron chi connectivity index (χ3n) is 6.20. The molecule has 0 amide bonds. The summed E-state index contributed by atoms with van der Waals surface area (Å²) in [5.74, 6) is 1.64. The zero-order chi connectivity index (χ0) is 19.6. The minimum atomic E-state index is -0.755. The Morgan fingerprint density at radius 3 is 2.29 bits per heavy atom. The summed E-state index contributed by atoms with van der Waals surface area (Å²) in [5.41, 5.74) is 1.37. The van der Waals surface area contributed by atoms with Gasteiger partial charge in [0.25, 0.3) is 0 Å². The molecule has 28 heavy (non-hydrogen) atoms. The molecule has 1 N–H and O–H groups in total. The number of hydrogen-bond acceptors (Lipinski definition) is 6. The predicted octanol–water partition coefficient (Wildman–Crippen LogP) is 2.69. The van der Waals surface area contributed by atoms with E-state index in [1.807, 2.05) is 36.7 Å². The average Bonchev–Trinajstić information content (AvgIpc) is 2.97. The van der Waals surface area contributed by atoms with Crippen molar-refractivity contribution >= 4 is 0 Å². The molecule has 2 saturated heterocycles. The van der Waals surface area contributed by atoms with Gasteiger partial charge < -0.3 is 14.6 Å². The van der Waals surface area contributed by atoms with E-state index in [9.17, 15) is 5.11 Å². The molecule has 6 heteroatoms. The standard InChI is InChI=1S/C22H29N3O3/c1-27-10-9-21-23-13-16(14-24-21)15-25-18-5-6-19(25)12-22(26,11-18)17-3-7-20(28-2)8-4-17/h3-4,7-8,13-14,18-19,26H,5-6,9-12,15H2,1-2H3/t18-,19+,22?. The number of nitrogens with zero attached hydrogens (tertiary/aromatic N) is 3. The smallest absolute Gasteiger partial charge is 0.130 e. The first-order valence-corrected chi connectivity index (χ1v) is 10.0. The van der Waals surface area contributed by atoms with E-state index in [1.165, 1.54) is 0 Å². The van der Waals surface area contributed by atoms with Crippen molar-refractivity contribution in [1.29, 1.82) is 0 Å². The van der Waals surface area contributed by atoms with Crippen molar-refractivity contribution in [2.75, 3.05) is 20.8 Å². The molecule has 1 aromatic heterocycles. The van der Waals surface area contributed by atoms with E-state index in [4.69, 9.17) is 9.47 Å². The van der Waals surface area contributed by atoms with Crippen molar-refractivity contribution in [2.45, 2.75) is 56.3 Å². The van der Waals surface area contributed by atoms with E-state index >= 15 is 0 Å². The summed E-state index contributed by atoms with van der Waals surface area (Å²) in [4.78, 5) is 11.5. The first-order chi connectivity index (χ1) is 13.6. The number of rotatable bonds is 7. The molecule has 0 saturated carbocycles. The van der Waals surface area contributed by atoms with E-state index < -0.39 is 5.60 Å². The first kappa shape index (κ1) is 19.3. The predicted molar refractivity (Wildman–Crippen MR) is 106 cm³/mol. The van der Waals surface area contributed by atoms with Crippen LogP contribution in [0, 0.1) is 0 Å². The lowest BCUT2D eigenvalue weighted by molar-refractivity contribution is -0.0595. The van der Waals surface area contributed by atoms with Crippen molar-refractivity contribution in [3.8, 4) is 5.75 Å². The lowest BCUT2D eigenvalue weighted by Gasteiger charge is -2.44. The molecular weight excluding hydrogens is 354 g/mol. The van der Waals surface area contributed by atoms with Crippen molar-refractivity contribution in [2.24, 2.45) is 0 Å². The van der Waals surface area contributed by atoms with E-state index in [0.29, 0.717) is 18.7 Å². The van der Waals surface area contributed by atoms with Crippen molar-refractivity contribution in [1.82, 2.24) is 14.9 Å². The summed E-state index contributed by atoms with van der Waals surface area (Å²) in [5, 5.41) is 11.4. The monoisotopic (exact) mass is 383 g/mol. The maximum Gasteiger partial charge on any atom is 0.130 e. The zero-order valence-electron chi connectivity index (χ0n) is 16.7. The molecule has 2 aliphatic heterocycles. The number of fused-ring (bicyclic) bond motifs is 2. The quantitative estimate of drug-likeness (QED) is 0.793. The second kappa shape index (κ2) is 8.15. The van der Waals surface area contributed by atoms with Crippen molar-refractivity contribution in [3.05, 3.63) is 53.6 Å². The Hall–Kier alpha value is -2.02. The molecule has 2 fully saturated rings. The topological polar surface area (TPSA) is 67.7 Å². The highest BCUT2D eigenvalue weighted by molar-refractivity contribution is 5.32. The number of aromatic nitrogens is 2. The van der Waals surface area contributed by atoms with Crippen LogP contribution in [0.4, 0.5) is 0 Å². The molecule has 1 aromatic carbocycles. The minimum absolute atomic E-state index is 0.388. The lowest BCUT2D eigenvalue weighted by Crippen LogP contribution is -2.49. The fourth-order valence-electron chi connectivity index (χ4n) is 4.71. The largest absolute Gasteiger partial charge is 0.497 e. The molecule has 4 rings (SSSR count). The van der Waals surface area contributed by atoms with Gasteiger partial charge in [-0.1, -0.05) is 12.1 Å². The van der Waals surface area contributed by atoms with Crippen LogP contribution in [0.5, 0.6) is 5.75 Å². The summed E-state index contributed by atoms with van der Waals surface area (Å²) >= 11 is 0. The summed E-state index contributed by atoms with van der Waals surface area (Å²) < 4.78 is 10.3. The van der Waals surface area contributed by atoms with Gasteiger partial charge >= 0.3 is 0 Å². The van der Waals surface area contributed by atoms with Crippen molar-refractivity contribution < 1.29 is 14.6 Å². The molecule has 2 aliphatic rings. The third-order valence-corrected chi connectivity index (χ3v) is 6.20. The molecule has 0 aliphatic carbocycles. The number of aliphatic hydroxyl groups is 1. The molecule has 2 aromatic rings. The maximum absolute atomic E-state index is 11.4. The van der Waals surface area contributed by atoms with Gasteiger partial charge in [0.1, 0.15) is 11.6 Å². The fraction of sp³-hybridized carbons (Fsp3) is 0.545. The maximum atomic E-state index is 11.4. The highest BCUT2D eigenvalue weighted by Gasteiger charge is 2.48. The summed E-state index contributed by atoms with van der Waals surface area (Å²) in [6.45, 7) is 1.48. The summed E-state index contributed by atoms with van der Waals surface area (Å²) in [6.07, 6.45) is 8.40. The summed E-state index contributed by atoms with van der Waals surface area (Å²) in [7, 11) is 3.35. The Bertz CT molecular complexity index is 765. The van der Waals surface area contributed by atoms with Gasteiger partial charge in [-0.15, -0.1) is 0 Å². The normalized spacial score (nSPS) is 27.1. The van der Waals surface area contributed by atoms with Gasteiger partial charge in [0, 0.05) is 50.1 Å². The van der Waals surface area contributed by atoms with Crippen LogP contribution in [0.25, 0.3) is 0 Å². The van der Waals surface area contributed by atoms with Crippen LogP contribution in [0.3, 0.4) is 0 Å². The van der Waals surface area contributed by atoms with Crippen LogP contribution in [0.1, 0.15) is 42.6 Å². The number of methoxy groups -OCH3 is 2. The van der Waals surface area contributed by atoms with E-state index in [2.05, 4.69) is 14.9 Å². The van der Waals surface area contributed by atoms with Gasteiger partial charge in [0.05, 0.1) is 19.3 Å². The Labute approximate surface area is 166 Å². The minimum Gasteiger partial charge on any atom is -0.497 e. The number of benzene rings is 1. The first-order valence-electron chi connectivity index (χ1n) is 10.0. The molecule has 3 heterocycles. The molecule has 6 nitrogen and oxygen atoms in total. The van der Waals surface area contributed by atoms with E-state index in [0.717, 1.165) is 61.3 Å². The number of piperidine rings is 1. The van der Waals surface area contributed by atoms with E-state index in [-0.39, 0.29) is 0 Å². The zero-order valence-corrected chi connectivity index (χ0v) is 16.7. The van der Waals surface area contributed by atoms with Gasteiger partial charge in [-0.05, 0) is 43.4 Å². The number of ether oxygens (including phenoxy) is 2. The molecule has 2 bridgehead atoms. The number of hydrogen-bond donors (Lipinski definition) is 1. The molecule has 150 valence electrons. The lowest BCUT2D eigenvalue weighted by atomic mass is 9.80. The molecule has 0 spiro atoms. The Kier molecular flexibility index (Phi) is 5.62. The highest BCUT2D eigenvalue weighted by Crippen LogP contribution is 2.46. The van der Waals surface area contributed by atoms with Crippen molar-refractivity contribution in [3.63, 3.8) is 0 Å². The van der Waals surface area contributed by atoms with Gasteiger partial charge in [0.15, 0.2) is 0 Å². The van der Waals surface area contributed by atoms with Gasteiger partial charge in [-0.3, -0.25) is 4.90 Å². The molecule has 3 atom stereocenters. The Morgan fingerprint density at radius 1 is 1.07 bits per heavy atom. The van der Waals surface area contributed by atoms with Gasteiger partial charge in [-0.25, -0.2) is 9.97 Å². The van der Waals surface area contributed by atoms with Gasteiger partial charge in [-0.2, -0.15) is 0 Å². The Balaban J connectivity index is 1.43. The second-order valence-electron chi connectivity index (χ2n) is 7.98. The van der Waals surface area contributed by atoms with Gasteiger partial charge in [0.2, 0.25) is 0 Å². The molecular formula is C22H29N3O3. The second-order valence-corrected chi connectivity index (χ2v) is 7.98. The fourth-order valence-corrected chi connectivity index (χ4v) is 4.71. The highest BCUT2D eigenvalue weighted by atomic mass is 16.5. The van der Waals surface area contributed by atoms with E-state index in [1.54, 1.807) is 14.2 Å². The third kappa shape index (κ3) is 3.90. The van der Waals surface area contributed by atoms with Crippen LogP contribution in [0.2, 0.25) is 0 Å². The van der Waals surface area contributed by atoms with Crippen LogP contribution in [-0.4, -0.2) is 52.9 Å². The van der Waals surface area contributed by atoms with Crippen LogP contribution < -0.4 is 4.74 Å². The SMILES string of the molecule is COCCc1ncc(CN2[C@@H]3CC[C@H]2CC(O)(c2ccc(OC)cc2)C3)cn1.